The van der Waals surface area contributed by atoms with Crippen molar-refractivity contribution in [3.05, 3.63) is 35.5 Å². The van der Waals surface area contributed by atoms with Crippen LogP contribution in [0.2, 0.25) is 5.02 Å². The maximum atomic E-state index is 13.6. The van der Waals surface area contributed by atoms with Crippen molar-refractivity contribution in [3.63, 3.8) is 0 Å². The van der Waals surface area contributed by atoms with Gasteiger partial charge in [-0.25, -0.2) is 4.39 Å². The largest absolute Gasteiger partial charge is 0.380 e. The third kappa shape index (κ3) is 3.75. The van der Waals surface area contributed by atoms with E-state index < -0.39 is 12.2 Å². The number of para-hydroxylation sites is 1. The van der Waals surface area contributed by atoms with Gasteiger partial charge in [0.15, 0.2) is 0 Å². The average Bonchev–Trinajstić information content (AvgIpc) is 3.28. The number of nitrogens with one attached hydrogen (secondary N) is 1. The topological polar surface area (TPSA) is 72.3 Å². The molecule has 0 saturated carbocycles. The monoisotopic (exact) mass is 401 g/mol. The fourth-order valence-electron chi connectivity index (χ4n) is 4.04. The van der Waals surface area contributed by atoms with Gasteiger partial charge in [0.1, 0.15) is 12.2 Å². The number of pyridine rings is 1. The first-order chi connectivity index (χ1) is 13.5. The summed E-state index contributed by atoms with van der Waals surface area (Å²) in [6, 6.07) is 9.20. The highest BCUT2D eigenvalue weighted by molar-refractivity contribution is 6.35. The van der Waals surface area contributed by atoms with E-state index in [0.717, 1.165) is 29.6 Å². The number of aromatic nitrogens is 1. The van der Waals surface area contributed by atoms with Crippen LogP contribution in [0.15, 0.2) is 30.5 Å². The molecule has 3 heterocycles. The van der Waals surface area contributed by atoms with Gasteiger partial charge in [0.2, 0.25) is 5.91 Å². The molecule has 2 aliphatic heterocycles. The average molecular weight is 402 g/mol. The van der Waals surface area contributed by atoms with Crippen LogP contribution < -0.4 is 5.32 Å². The van der Waals surface area contributed by atoms with E-state index in [2.05, 4.69) is 15.2 Å². The van der Waals surface area contributed by atoms with Gasteiger partial charge in [-0.05, 0) is 18.6 Å². The normalized spacial score (nSPS) is 25.2. The van der Waals surface area contributed by atoms with Gasteiger partial charge in [-0.3, -0.25) is 14.7 Å². The molecule has 0 radical (unpaired) electrons. The fourth-order valence-corrected chi connectivity index (χ4v) is 4.27. The smallest absolute Gasteiger partial charge is 0.237 e. The molecule has 2 saturated heterocycles. The standard InChI is InChI=1S/C20H21ClFN5O/c21-17-3-1-2-16-18(4-6-24-20(16)17)25-14-5-7-26(11-14)12-19(28)27-10-13(22)8-15(27)9-23/h1-4,6,13-15H,5,7-8,10-12H2,(H,24,25)/t13-,14+,15?/m0/s1. The second kappa shape index (κ2) is 7.90. The van der Waals surface area contributed by atoms with Crippen LogP contribution in [-0.2, 0) is 4.79 Å². The highest BCUT2D eigenvalue weighted by Crippen LogP contribution is 2.28. The summed E-state index contributed by atoms with van der Waals surface area (Å²) in [5.74, 6) is -0.173. The van der Waals surface area contributed by atoms with Crippen LogP contribution in [0.1, 0.15) is 12.8 Å². The van der Waals surface area contributed by atoms with Gasteiger partial charge in [0.05, 0.1) is 29.7 Å². The number of nitriles is 1. The lowest BCUT2D eigenvalue weighted by Crippen LogP contribution is -2.42. The van der Waals surface area contributed by atoms with Crippen LogP contribution in [0.25, 0.3) is 10.9 Å². The highest BCUT2D eigenvalue weighted by atomic mass is 35.5. The molecule has 6 nitrogen and oxygen atoms in total. The summed E-state index contributed by atoms with van der Waals surface area (Å²) in [6.45, 7) is 1.72. The van der Waals surface area contributed by atoms with Gasteiger partial charge in [0.25, 0.3) is 0 Å². The number of rotatable bonds is 4. The Bertz CT molecular complexity index is 932. The number of likely N-dealkylation sites (tertiary alicyclic amines) is 2. The molecule has 8 heteroatoms. The molecular weight excluding hydrogens is 381 g/mol. The molecular formula is C20H21ClFN5O. The fraction of sp³-hybridized carbons (Fsp3) is 0.450. The number of halogens is 2. The highest BCUT2D eigenvalue weighted by Gasteiger charge is 2.36. The number of benzene rings is 1. The molecule has 3 atom stereocenters. The van der Waals surface area contributed by atoms with Crippen molar-refractivity contribution in [3.8, 4) is 6.07 Å². The number of hydrogen-bond acceptors (Lipinski definition) is 5. The Hall–Kier alpha value is -2.43. The molecule has 0 bridgehead atoms. The first-order valence-electron chi connectivity index (χ1n) is 9.40. The zero-order chi connectivity index (χ0) is 19.7. The second-order valence-electron chi connectivity index (χ2n) is 7.38. The molecule has 1 aromatic heterocycles. The molecule has 146 valence electrons. The van der Waals surface area contributed by atoms with Gasteiger partial charge < -0.3 is 10.2 Å². The van der Waals surface area contributed by atoms with E-state index in [9.17, 15) is 9.18 Å². The molecule has 0 spiro atoms. The number of nitrogens with zero attached hydrogens (tertiary/aromatic N) is 4. The van der Waals surface area contributed by atoms with E-state index in [4.69, 9.17) is 16.9 Å². The van der Waals surface area contributed by atoms with Gasteiger partial charge in [-0.2, -0.15) is 5.26 Å². The van der Waals surface area contributed by atoms with Crippen LogP contribution in [0.5, 0.6) is 0 Å². The van der Waals surface area contributed by atoms with E-state index in [1.54, 1.807) is 6.20 Å². The summed E-state index contributed by atoms with van der Waals surface area (Å²) in [5.41, 5.74) is 1.73. The summed E-state index contributed by atoms with van der Waals surface area (Å²) < 4.78 is 13.6. The van der Waals surface area contributed by atoms with Gasteiger partial charge >= 0.3 is 0 Å². The molecule has 1 N–H and O–H groups in total. The Balaban J connectivity index is 1.38. The van der Waals surface area contributed by atoms with Crippen LogP contribution in [0.4, 0.5) is 10.1 Å². The quantitative estimate of drug-likeness (QED) is 0.852. The lowest BCUT2D eigenvalue weighted by molar-refractivity contribution is -0.132. The summed E-state index contributed by atoms with van der Waals surface area (Å²) in [7, 11) is 0. The molecule has 2 aliphatic rings. The van der Waals surface area contributed by atoms with Crippen molar-refractivity contribution in [1.29, 1.82) is 5.26 Å². The van der Waals surface area contributed by atoms with Gasteiger partial charge in [-0.15, -0.1) is 0 Å². The van der Waals surface area contributed by atoms with E-state index in [1.807, 2.05) is 30.3 Å². The number of carbonyl (C=O) groups is 1. The Morgan fingerprint density at radius 1 is 1.39 bits per heavy atom. The van der Waals surface area contributed by atoms with Crippen LogP contribution in [0, 0.1) is 11.3 Å². The second-order valence-corrected chi connectivity index (χ2v) is 7.79. The maximum Gasteiger partial charge on any atom is 0.237 e. The van der Waals surface area contributed by atoms with Gasteiger partial charge in [0, 0.05) is 42.8 Å². The first kappa shape index (κ1) is 18.9. The van der Waals surface area contributed by atoms with Crippen molar-refractivity contribution < 1.29 is 9.18 Å². The number of amides is 1. The molecule has 1 amide bonds. The predicted molar refractivity (Wildman–Crippen MR) is 106 cm³/mol. The zero-order valence-corrected chi connectivity index (χ0v) is 16.1. The third-order valence-corrected chi connectivity index (χ3v) is 5.74. The molecule has 28 heavy (non-hydrogen) atoms. The lowest BCUT2D eigenvalue weighted by Gasteiger charge is -2.23. The first-order valence-corrected chi connectivity index (χ1v) is 9.78. The number of carbonyl (C=O) groups excluding carboxylic acids is 1. The van der Waals surface area contributed by atoms with E-state index in [-0.39, 0.29) is 31.5 Å². The van der Waals surface area contributed by atoms with Crippen molar-refractivity contribution in [2.24, 2.45) is 0 Å². The Morgan fingerprint density at radius 3 is 3.07 bits per heavy atom. The van der Waals surface area contributed by atoms with Crippen LogP contribution in [0.3, 0.4) is 0 Å². The predicted octanol–water partition coefficient (Wildman–Crippen LogP) is 2.84. The Kier molecular flexibility index (Phi) is 5.33. The summed E-state index contributed by atoms with van der Waals surface area (Å²) in [6.07, 6.45) is 1.64. The molecule has 4 rings (SSSR count). The molecule has 2 aromatic rings. The van der Waals surface area contributed by atoms with Crippen molar-refractivity contribution in [2.75, 3.05) is 31.5 Å². The van der Waals surface area contributed by atoms with Crippen LogP contribution in [-0.4, -0.2) is 65.1 Å². The number of fused-ring (bicyclic) bond motifs is 1. The molecule has 1 aromatic carbocycles. The summed E-state index contributed by atoms with van der Waals surface area (Å²) in [4.78, 5) is 20.3. The van der Waals surface area contributed by atoms with E-state index in [0.29, 0.717) is 11.6 Å². The lowest BCUT2D eigenvalue weighted by atomic mass is 10.1. The number of anilines is 1. The Labute approximate surface area is 167 Å². The minimum atomic E-state index is -1.10. The molecule has 1 unspecified atom stereocenters. The van der Waals surface area contributed by atoms with Crippen molar-refractivity contribution >= 4 is 34.1 Å². The van der Waals surface area contributed by atoms with Crippen molar-refractivity contribution in [1.82, 2.24) is 14.8 Å². The minimum Gasteiger partial charge on any atom is -0.380 e. The number of alkyl halides is 1. The van der Waals surface area contributed by atoms with E-state index >= 15 is 0 Å². The van der Waals surface area contributed by atoms with Crippen LogP contribution >= 0.6 is 11.6 Å². The summed E-state index contributed by atoms with van der Waals surface area (Å²) >= 11 is 6.23. The zero-order valence-electron chi connectivity index (χ0n) is 15.3. The Morgan fingerprint density at radius 2 is 2.25 bits per heavy atom. The van der Waals surface area contributed by atoms with E-state index in [1.165, 1.54) is 4.90 Å². The van der Waals surface area contributed by atoms with Gasteiger partial charge in [-0.1, -0.05) is 23.7 Å². The third-order valence-electron chi connectivity index (χ3n) is 5.43. The number of hydrogen-bond donors (Lipinski definition) is 1. The minimum absolute atomic E-state index is 0.0241. The SMILES string of the molecule is N#CC1C[C@H](F)CN1C(=O)CN1CC[C@@H](Nc2ccnc3c(Cl)cccc23)C1. The molecule has 0 aliphatic carbocycles. The molecule has 2 fully saturated rings. The maximum absolute atomic E-state index is 13.6. The summed E-state index contributed by atoms with van der Waals surface area (Å²) in [5, 5.41) is 14.2. The van der Waals surface area contributed by atoms with Crippen molar-refractivity contribution in [2.45, 2.75) is 31.1 Å².